The lowest BCUT2D eigenvalue weighted by molar-refractivity contribution is 0.0601. The minimum Gasteiger partial charge on any atom is -0.444 e. The van der Waals surface area contributed by atoms with Crippen molar-refractivity contribution < 1.29 is 41.6 Å². The molecule has 12 nitrogen and oxygen atoms in total. The topological polar surface area (TPSA) is 178 Å². The molecule has 0 unspecified atom stereocenters. The Hall–Kier alpha value is -2.51. The van der Waals surface area contributed by atoms with Gasteiger partial charge in [0.15, 0.2) is 0 Å². The summed E-state index contributed by atoms with van der Waals surface area (Å²) in [6.45, 7) is 3.87. The highest BCUT2D eigenvalue weighted by Gasteiger charge is 2.37. The Morgan fingerprint density at radius 1 is 1.15 bits per heavy atom. The molecule has 1 aliphatic rings. The fraction of sp³-hybridized carbons (Fsp3) is 0.480. The highest BCUT2D eigenvalue weighted by Crippen LogP contribution is 2.39. The third kappa shape index (κ3) is 9.87. The zero-order chi connectivity index (χ0) is 28.6. The predicted octanol–water partition coefficient (Wildman–Crippen LogP) is 2.52. The Bertz CT molecular complexity index is 1220. The minimum absolute atomic E-state index is 0.0235. The van der Waals surface area contributed by atoms with E-state index in [4.69, 9.17) is 19.7 Å². The summed E-state index contributed by atoms with van der Waals surface area (Å²) in [5.74, 6) is -0.142. The molecule has 2 aromatic rings. The maximum absolute atomic E-state index is 13.6. The summed E-state index contributed by atoms with van der Waals surface area (Å²) in [6, 6.07) is 13.5. The van der Waals surface area contributed by atoms with Crippen LogP contribution in [-0.4, -0.2) is 73.2 Å². The number of carbonyl (C=O) groups is 1. The molecular formula is C25H36N3O9PS. The lowest BCUT2D eigenvalue weighted by atomic mass is 10.0. The third-order valence-corrected chi connectivity index (χ3v) is 8.35. The SMILES string of the molecule is CC(C)CN(C[C@H](OP(=O)(O)O)[C@H](Cc1ccccc1)NC(=O)O[C@H]1CCOC1)S(=O)(=O)c1ccc(N)cc1. The zero-order valence-corrected chi connectivity index (χ0v) is 23.6. The Kier molecular flexibility index (Phi) is 10.9. The number of hydrogen-bond donors (Lipinski definition) is 4. The number of hydrogen-bond acceptors (Lipinski definition) is 8. The molecule has 2 aromatic carbocycles. The summed E-state index contributed by atoms with van der Waals surface area (Å²) in [4.78, 5) is 32.3. The molecule has 1 heterocycles. The highest BCUT2D eigenvalue weighted by molar-refractivity contribution is 7.89. The van der Waals surface area contributed by atoms with Crippen LogP contribution in [0, 0.1) is 5.92 Å². The van der Waals surface area contributed by atoms with E-state index in [0.717, 1.165) is 9.87 Å². The van der Waals surface area contributed by atoms with Crippen LogP contribution in [0.1, 0.15) is 25.8 Å². The summed E-state index contributed by atoms with van der Waals surface area (Å²) < 4.78 is 56.2. The van der Waals surface area contributed by atoms with Crippen molar-refractivity contribution in [3.05, 3.63) is 60.2 Å². The number of anilines is 1. The Morgan fingerprint density at radius 3 is 2.38 bits per heavy atom. The first-order chi connectivity index (χ1) is 18.3. The van der Waals surface area contributed by atoms with Crippen LogP contribution in [0.2, 0.25) is 0 Å². The molecule has 1 saturated heterocycles. The second-order valence-corrected chi connectivity index (χ2v) is 12.9. The fourth-order valence-electron chi connectivity index (χ4n) is 4.16. The molecule has 0 saturated carbocycles. The van der Waals surface area contributed by atoms with Crippen LogP contribution in [-0.2, 0) is 35.0 Å². The van der Waals surface area contributed by atoms with Crippen molar-refractivity contribution in [3.63, 3.8) is 0 Å². The van der Waals surface area contributed by atoms with Crippen LogP contribution in [0.5, 0.6) is 0 Å². The van der Waals surface area contributed by atoms with E-state index >= 15 is 0 Å². The second kappa shape index (κ2) is 13.7. The molecule has 14 heteroatoms. The number of rotatable bonds is 13. The number of benzene rings is 2. The van der Waals surface area contributed by atoms with E-state index in [2.05, 4.69) is 5.32 Å². The van der Waals surface area contributed by atoms with Gasteiger partial charge in [0.05, 0.1) is 24.2 Å². The molecule has 1 fully saturated rings. The molecule has 5 N–H and O–H groups in total. The number of amides is 1. The number of phosphoric acid groups is 1. The number of nitrogen functional groups attached to an aromatic ring is 1. The first-order valence-electron chi connectivity index (χ1n) is 12.5. The molecule has 0 aromatic heterocycles. The summed E-state index contributed by atoms with van der Waals surface area (Å²) >= 11 is 0. The molecule has 1 aliphatic heterocycles. The lowest BCUT2D eigenvalue weighted by Crippen LogP contribution is -2.52. The van der Waals surface area contributed by atoms with Gasteiger partial charge in [-0.1, -0.05) is 44.2 Å². The minimum atomic E-state index is -5.12. The van der Waals surface area contributed by atoms with Crippen LogP contribution in [0.3, 0.4) is 0 Å². The number of alkyl carbamates (subject to hydrolysis) is 1. The van der Waals surface area contributed by atoms with Crippen molar-refractivity contribution in [2.75, 3.05) is 32.0 Å². The number of sulfonamides is 1. The van der Waals surface area contributed by atoms with Crippen LogP contribution in [0.4, 0.5) is 10.5 Å². The van der Waals surface area contributed by atoms with E-state index in [1.807, 2.05) is 13.8 Å². The third-order valence-electron chi connectivity index (χ3n) is 5.96. The summed E-state index contributed by atoms with van der Waals surface area (Å²) in [7, 11) is -9.26. The average Bonchev–Trinajstić information content (AvgIpc) is 3.35. The van der Waals surface area contributed by atoms with Crippen molar-refractivity contribution in [3.8, 4) is 0 Å². The molecule has 0 bridgehead atoms. The van der Waals surface area contributed by atoms with Gasteiger partial charge in [0.1, 0.15) is 12.2 Å². The van der Waals surface area contributed by atoms with Crippen molar-refractivity contribution in [1.29, 1.82) is 0 Å². The number of ether oxygens (including phenoxy) is 2. The molecule has 3 rings (SSSR count). The molecule has 1 amide bonds. The average molecular weight is 586 g/mol. The smallest absolute Gasteiger partial charge is 0.444 e. The maximum Gasteiger partial charge on any atom is 0.469 e. The number of nitrogens with two attached hydrogens (primary N) is 1. The van der Waals surface area contributed by atoms with E-state index in [1.165, 1.54) is 24.3 Å². The van der Waals surface area contributed by atoms with Crippen LogP contribution >= 0.6 is 7.82 Å². The second-order valence-electron chi connectivity index (χ2n) is 9.75. The van der Waals surface area contributed by atoms with E-state index in [0.29, 0.717) is 18.7 Å². The van der Waals surface area contributed by atoms with Gasteiger partial charge in [0.25, 0.3) is 0 Å². The van der Waals surface area contributed by atoms with Crippen LogP contribution in [0.15, 0.2) is 59.5 Å². The molecule has 216 valence electrons. The maximum atomic E-state index is 13.6. The normalized spacial score (nSPS) is 17.7. The molecular weight excluding hydrogens is 549 g/mol. The van der Waals surface area contributed by atoms with E-state index in [9.17, 15) is 27.6 Å². The monoisotopic (exact) mass is 585 g/mol. The molecule has 0 radical (unpaired) electrons. The Labute approximate surface area is 228 Å². The molecule has 0 spiro atoms. The standard InChI is InChI=1S/C25H36N3O9PS/c1-18(2)15-28(39(33,34)22-10-8-20(26)9-11-22)16-24(37-38(30,31)32)23(14-19-6-4-3-5-7-19)27-25(29)36-21-12-13-35-17-21/h3-11,18,21,23-24H,12-17,26H2,1-2H3,(H,27,29)(H2,30,31,32)/t21-,23-,24-/m0/s1. The van der Waals surface area contributed by atoms with Crippen molar-refractivity contribution in [2.24, 2.45) is 5.92 Å². The van der Waals surface area contributed by atoms with Crippen LogP contribution < -0.4 is 11.1 Å². The van der Waals surface area contributed by atoms with Crippen molar-refractivity contribution >= 4 is 29.6 Å². The van der Waals surface area contributed by atoms with E-state index < -0.39 is 48.7 Å². The first kappa shape index (κ1) is 31.0. The zero-order valence-electron chi connectivity index (χ0n) is 21.9. The van der Waals surface area contributed by atoms with Gasteiger partial charge in [-0.25, -0.2) is 17.8 Å². The van der Waals surface area contributed by atoms with Gasteiger partial charge in [-0.15, -0.1) is 0 Å². The summed E-state index contributed by atoms with van der Waals surface area (Å²) in [5, 5.41) is 2.65. The number of phosphoric ester groups is 1. The van der Waals surface area contributed by atoms with Crippen molar-refractivity contribution in [2.45, 2.75) is 49.8 Å². The molecule has 3 atom stereocenters. The van der Waals surface area contributed by atoms with Gasteiger partial charge in [-0.2, -0.15) is 4.31 Å². The van der Waals surface area contributed by atoms with E-state index in [1.54, 1.807) is 30.3 Å². The number of nitrogens with zero attached hydrogens (tertiary/aromatic N) is 1. The Morgan fingerprint density at radius 2 is 1.82 bits per heavy atom. The van der Waals surface area contributed by atoms with Gasteiger partial charge in [0.2, 0.25) is 10.0 Å². The van der Waals surface area contributed by atoms with Crippen molar-refractivity contribution in [1.82, 2.24) is 9.62 Å². The Balaban J connectivity index is 1.96. The van der Waals surface area contributed by atoms with E-state index in [-0.39, 0.29) is 30.4 Å². The predicted molar refractivity (Wildman–Crippen MR) is 144 cm³/mol. The van der Waals surface area contributed by atoms with Gasteiger partial charge < -0.3 is 30.3 Å². The number of nitrogens with one attached hydrogen (secondary N) is 1. The van der Waals surface area contributed by atoms with Gasteiger partial charge >= 0.3 is 13.9 Å². The lowest BCUT2D eigenvalue weighted by Gasteiger charge is -2.33. The van der Waals surface area contributed by atoms with Gasteiger partial charge in [-0.05, 0) is 42.2 Å². The fourth-order valence-corrected chi connectivity index (χ4v) is 6.35. The molecule has 39 heavy (non-hydrogen) atoms. The molecule has 0 aliphatic carbocycles. The highest BCUT2D eigenvalue weighted by atomic mass is 32.2. The summed E-state index contributed by atoms with van der Waals surface area (Å²) in [5.41, 5.74) is 6.82. The number of carbonyl (C=O) groups excluding carboxylic acids is 1. The summed E-state index contributed by atoms with van der Waals surface area (Å²) in [6.07, 6.45) is -2.14. The van der Waals surface area contributed by atoms with Crippen LogP contribution in [0.25, 0.3) is 0 Å². The van der Waals surface area contributed by atoms with Gasteiger partial charge in [0, 0.05) is 25.2 Å². The first-order valence-corrected chi connectivity index (χ1v) is 15.5. The van der Waals surface area contributed by atoms with Gasteiger partial charge in [-0.3, -0.25) is 4.52 Å². The largest absolute Gasteiger partial charge is 0.469 e. The quantitative estimate of drug-likeness (QED) is 0.202.